The highest BCUT2D eigenvalue weighted by atomic mass is 35.7. The van der Waals surface area contributed by atoms with Crippen LogP contribution in [-0.2, 0) is 15.5 Å². The van der Waals surface area contributed by atoms with Crippen LogP contribution < -0.4 is 9.47 Å². The zero-order chi connectivity index (χ0) is 12.2. The molecule has 0 aromatic heterocycles. The summed E-state index contributed by atoms with van der Waals surface area (Å²) in [5.41, 5.74) is 0.835. The topological polar surface area (TPSA) is 52.6 Å². The Kier molecular flexibility index (Phi) is 4.44. The van der Waals surface area contributed by atoms with E-state index in [-0.39, 0.29) is 5.75 Å². The molecule has 1 aromatic rings. The van der Waals surface area contributed by atoms with E-state index < -0.39 is 9.05 Å². The van der Waals surface area contributed by atoms with Crippen molar-refractivity contribution in [3.63, 3.8) is 0 Å². The van der Waals surface area contributed by atoms with Crippen LogP contribution in [0, 0.1) is 0 Å². The van der Waals surface area contributed by atoms with E-state index in [0.717, 1.165) is 5.56 Å². The average molecular weight is 265 g/mol. The lowest BCUT2D eigenvalue weighted by molar-refractivity contribution is 0.354. The number of aryl methyl sites for hydroxylation is 1. The lowest BCUT2D eigenvalue weighted by atomic mass is 10.1. The van der Waals surface area contributed by atoms with Gasteiger partial charge in [0, 0.05) is 10.7 Å². The predicted molar refractivity (Wildman–Crippen MR) is 62.9 cm³/mol. The minimum Gasteiger partial charge on any atom is -0.493 e. The normalized spacial score (nSPS) is 11.2. The number of halogens is 1. The summed E-state index contributed by atoms with van der Waals surface area (Å²) >= 11 is 0. The summed E-state index contributed by atoms with van der Waals surface area (Å²) < 4.78 is 31.8. The molecule has 0 bridgehead atoms. The minimum absolute atomic E-state index is 0.0932. The van der Waals surface area contributed by atoms with E-state index in [1.165, 1.54) is 7.11 Å². The van der Waals surface area contributed by atoms with E-state index in [1.54, 1.807) is 25.3 Å². The smallest absolute Gasteiger partial charge is 0.232 e. The van der Waals surface area contributed by atoms with Crippen molar-refractivity contribution in [2.75, 3.05) is 20.0 Å². The minimum atomic E-state index is -3.46. The number of rotatable bonds is 5. The van der Waals surface area contributed by atoms with E-state index in [4.69, 9.17) is 20.2 Å². The van der Waals surface area contributed by atoms with E-state index in [1.807, 2.05) is 0 Å². The molecule has 90 valence electrons. The van der Waals surface area contributed by atoms with Crippen LogP contribution in [-0.4, -0.2) is 28.4 Å². The molecular weight excluding hydrogens is 252 g/mol. The fourth-order valence-corrected chi connectivity index (χ4v) is 1.99. The first-order chi connectivity index (χ1) is 7.46. The highest BCUT2D eigenvalue weighted by Crippen LogP contribution is 2.27. The summed E-state index contributed by atoms with van der Waals surface area (Å²) in [4.78, 5) is 0. The van der Waals surface area contributed by atoms with Gasteiger partial charge in [0.05, 0.1) is 20.0 Å². The summed E-state index contributed by atoms with van der Waals surface area (Å²) in [5, 5.41) is 0. The molecule has 0 fully saturated rings. The number of hydrogen-bond donors (Lipinski definition) is 0. The first kappa shape index (κ1) is 13.1. The molecule has 6 heteroatoms. The van der Waals surface area contributed by atoms with Gasteiger partial charge in [-0.3, -0.25) is 0 Å². The number of ether oxygens (including phenoxy) is 2. The fourth-order valence-electron chi connectivity index (χ4n) is 1.28. The van der Waals surface area contributed by atoms with Gasteiger partial charge >= 0.3 is 0 Å². The van der Waals surface area contributed by atoms with Crippen LogP contribution in [0.3, 0.4) is 0 Å². The van der Waals surface area contributed by atoms with Crippen molar-refractivity contribution < 1.29 is 17.9 Å². The summed E-state index contributed by atoms with van der Waals surface area (Å²) in [6, 6.07) is 5.25. The van der Waals surface area contributed by atoms with Crippen LogP contribution in [0.1, 0.15) is 5.56 Å². The second kappa shape index (κ2) is 5.41. The molecule has 0 aliphatic rings. The summed E-state index contributed by atoms with van der Waals surface area (Å²) in [6.45, 7) is 0. The molecule has 1 aromatic carbocycles. The van der Waals surface area contributed by atoms with Gasteiger partial charge in [-0.2, -0.15) is 0 Å². The SMILES string of the molecule is COc1ccc(CCS(=O)(=O)Cl)cc1OC. The van der Waals surface area contributed by atoms with Crippen molar-refractivity contribution in [1.29, 1.82) is 0 Å². The lowest BCUT2D eigenvalue weighted by Crippen LogP contribution is -2.01. The standard InChI is InChI=1S/C10H13ClO4S/c1-14-9-4-3-8(7-10(9)15-2)5-6-16(11,12)13/h3-4,7H,5-6H2,1-2H3. The first-order valence-corrected chi connectivity index (χ1v) is 7.07. The monoisotopic (exact) mass is 264 g/mol. The van der Waals surface area contributed by atoms with Crippen molar-refractivity contribution in [3.8, 4) is 11.5 Å². The molecule has 0 aliphatic carbocycles. The third-order valence-electron chi connectivity index (χ3n) is 2.08. The summed E-state index contributed by atoms with van der Waals surface area (Å²) in [7, 11) is 4.74. The van der Waals surface area contributed by atoms with Crippen molar-refractivity contribution in [3.05, 3.63) is 23.8 Å². The second-order valence-electron chi connectivity index (χ2n) is 3.18. The predicted octanol–water partition coefficient (Wildman–Crippen LogP) is 1.81. The Morgan fingerprint density at radius 3 is 2.31 bits per heavy atom. The van der Waals surface area contributed by atoms with Crippen LogP contribution in [0.2, 0.25) is 0 Å². The molecule has 0 radical (unpaired) electrons. The van der Waals surface area contributed by atoms with Crippen LogP contribution >= 0.6 is 10.7 Å². The molecule has 4 nitrogen and oxygen atoms in total. The Bertz CT molecular complexity index is 456. The maximum Gasteiger partial charge on any atom is 0.232 e. The van der Waals surface area contributed by atoms with Crippen LogP contribution in [0.15, 0.2) is 18.2 Å². The molecule has 0 amide bonds. The van der Waals surface area contributed by atoms with Gasteiger partial charge in [0.1, 0.15) is 0 Å². The number of methoxy groups -OCH3 is 2. The molecule has 0 saturated heterocycles. The summed E-state index contributed by atoms with van der Waals surface area (Å²) in [5.74, 6) is 1.09. The Hall–Kier alpha value is -0.940. The third kappa shape index (κ3) is 3.90. The summed E-state index contributed by atoms with van der Waals surface area (Å²) in [6.07, 6.45) is 0.353. The van der Waals surface area contributed by atoms with E-state index in [9.17, 15) is 8.42 Å². The average Bonchev–Trinajstić information content (AvgIpc) is 2.25. The number of hydrogen-bond acceptors (Lipinski definition) is 4. The number of benzene rings is 1. The van der Waals surface area contributed by atoms with Crippen LogP contribution in [0.25, 0.3) is 0 Å². The Balaban J connectivity index is 2.83. The van der Waals surface area contributed by atoms with Crippen LogP contribution in [0.4, 0.5) is 0 Å². The maximum atomic E-state index is 10.8. The largest absolute Gasteiger partial charge is 0.493 e. The van der Waals surface area contributed by atoms with Gasteiger partial charge in [-0.15, -0.1) is 0 Å². The van der Waals surface area contributed by atoms with Crippen molar-refractivity contribution in [2.45, 2.75) is 6.42 Å². The zero-order valence-corrected chi connectivity index (χ0v) is 10.6. The van der Waals surface area contributed by atoms with Gasteiger partial charge in [0.25, 0.3) is 0 Å². The van der Waals surface area contributed by atoms with E-state index in [0.29, 0.717) is 17.9 Å². The maximum absolute atomic E-state index is 10.8. The molecule has 0 saturated carbocycles. The quantitative estimate of drug-likeness (QED) is 0.761. The molecule has 0 spiro atoms. The molecule has 0 heterocycles. The molecule has 0 unspecified atom stereocenters. The zero-order valence-electron chi connectivity index (χ0n) is 9.07. The van der Waals surface area contributed by atoms with Crippen molar-refractivity contribution in [1.82, 2.24) is 0 Å². The second-order valence-corrected chi connectivity index (χ2v) is 6.08. The van der Waals surface area contributed by atoms with E-state index >= 15 is 0 Å². The molecular formula is C10H13ClO4S. The molecule has 16 heavy (non-hydrogen) atoms. The molecule has 0 atom stereocenters. The van der Waals surface area contributed by atoms with Crippen LogP contribution in [0.5, 0.6) is 11.5 Å². The van der Waals surface area contributed by atoms with Gasteiger partial charge in [-0.05, 0) is 24.1 Å². The van der Waals surface area contributed by atoms with Crippen molar-refractivity contribution >= 4 is 19.7 Å². The Morgan fingerprint density at radius 1 is 1.19 bits per heavy atom. The lowest BCUT2D eigenvalue weighted by Gasteiger charge is -2.08. The first-order valence-electron chi connectivity index (χ1n) is 4.59. The fraction of sp³-hybridized carbons (Fsp3) is 0.400. The van der Waals surface area contributed by atoms with Gasteiger partial charge in [-0.1, -0.05) is 6.07 Å². The third-order valence-corrected chi connectivity index (χ3v) is 3.24. The molecule has 1 rings (SSSR count). The highest BCUT2D eigenvalue weighted by molar-refractivity contribution is 8.13. The Labute approximate surface area is 99.6 Å². The van der Waals surface area contributed by atoms with Gasteiger partial charge in [-0.25, -0.2) is 8.42 Å². The van der Waals surface area contributed by atoms with Gasteiger partial charge < -0.3 is 9.47 Å². The van der Waals surface area contributed by atoms with Crippen molar-refractivity contribution in [2.24, 2.45) is 0 Å². The molecule has 0 aliphatic heterocycles. The Morgan fingerprint density at radius 2 is 1.81 bits per heavy atom. The molecule has 0 N–H and O–H groups in total. The highest BCUT2D eigenvalue weighted by Gasteiger charge is 2.08. The van der Waals surface area contributed by atoms with E-state index in [2.05, 4.69) is 0 Å². The van der Waals surface area contributed by atoms with Gasteiger partial charge in [0.15, 0.2) is 11.5 Å². The van der Waals surface area contributed by atoms with Gasteiger partial charge in [0.2, 0.25) is 9.05 Å².